The lowest BCUT2D eigenvalue weighted by Crippen LogP contribution is -2.43. The number of nitrogens with two attached hydrogens (primary N) is 1. The molecule has 3 rings (SSSR count). The summed E-state index contributed by atoms with van der Waals surface area (Å²) in [5.74, 6) is -0.740. The summed E-state index contributed by atoms with van der Waals surface area (Å²) in [6.45, 7) is 6.05. The van der Waals surface area contributed by atoms with E-state index in [1.54, 1.807) is 23.1 Å². The maximum Gasteiger partial charge on any atom is 0.266 e. The number of anilines is 1. The van der Waals surface area contributed by atoms with Crippen molar-refractivity contribution in [1.82, 2.24) is 0 Å². The highest BCUT2D eigenvalue weighted by Crippen LogP contribution is 2.29. The first-order valence-electron chi connectivity index (χ1n) is 7.62. The zero-order chi connectivity index (χ0) is 17.3. The standard InChI is InChI=1S/C19H18FN3O/c1-12(2)11-23-16-10-6-4-8-14(16)17(22-18(21)19(23)24)13-7-3-5-9-15(13)20/h3-10,18H,1,11,21H2,2H3. The molecule has 1 atom stereocenters. The molecule has 1 heterocycles. The van der Waals surface area contributed by atoms with Gasteiger partial charge in [-0.25, -0.2) is 4.39 Å². The molecule has 122 valence electrons. The highest BCUT2D eigenvalue weighted by atomic mass is 19.1. The molecule has 2 N–H and O–H groups in total. The van der Waals surface area contributed by atoms with Crippen molar-refractivity contribution in [3.05, 3.63) is 77.6 Å². The Morgan fingerprint density at radius 3 is 2.50 bits per heavy atom. The van der Waals surface area contributed by atoms with Crippen LogP contribution in [0, 0.1) is 5.82 Å². The predicted molar refractivity (Wildman–Crippen MR) is 93.6 cm³/mol. The van der Waals surface area contributed by atoms with Gasteiger partial charge in [-0.05, 0) is 25.1 Å². The van der Waals surface area contributed by atoms with Crippen LogP contribution < -0.4 is 10.6 Å². The number of nitrogens with zero attached hydrogens (tertiary/aromatic N) is 2. The van der Waals surface area contributed by atoms with Crippen molar-refractivity contribution >= 4 is 17.3 Å². The maximum atomic E-state index is 14.3. The van der Waals surface area contributed by atoms with E-state index in [2.05, 4.69) is 11.6 Å². The molecule has 0 aromatic heterocycles. The van der Waals surface area contributed by atoms with Gasteiger partial charge in [0.1, 0.15) is 5.82 Å². The lowest BCUT2D eigenvalue weighted by molar-refractivity contribution is -0.119. The van der Waals surface area contributed by atoms with Crippen LogP contribution in [0.2, 0.25) is 0 Å². The van der Waals surface area contributed by atoms with E-state index in [4.69, 9.17) is 5.73 Å². The minimum absolute atomic E-state index is 0.324. The number of halogens is 1. The topological polar surface area (TPSA) is 58.7 Å². The van der Waals surface area contributed by atoms with E-state index in [9.17, 15) is 9.18 Å². The number of carbonyl (C=O) groups is 1. The predicted octanol–water partition coefficient (Wildman–Crippen LogP) is 2.87. The third-order valence-electron chi connectivity index (χ3n) is 3.79. The van der Waals surface area contributed by atoms with Gasteiger partial charge >= 0.3 is 0 Å². The Morgan fingerprint density at radius 1 is 1.21 bits per heavy atom. The van der Waals surface area contributed by atoms with Crippen molar-refractivity contribution in [2.75, 3.05) is 11.4 Å². The fourth-order valence-electron chi connectivity index (χ4n) is 2.75. The Kier molecular flexibility index (Phi) is 4.27. The lowest BCUT2D eigenvalue weighted by atomic mass is 9.99. The lowest BCUT2D eigenvalue weighted by Gasteiger charge is -2.24. The van der Waals surface area contributed by atoms with Crippen molar-refractivity contribution < 1.29 is 9.18 Å². The smallest absolute Gasteiger partial charge is 0.266 e. The Morgan fingerprint density at radius 2 is 1.83 bits per heavy atom. The summed E-state index contributed by atoms with van der Waals surface area (Å²) in [4.78, 5) is 18.5. The van der Waals surface area contributed by atoms with Crippen LogP contribution in [0.15, 0.2) is 65.7 Å². The second-order valence-electron chi connectivity index (χ2n) is 5.80. The molecule has 0 radical (unpaired) electrons. The molecule has 2 aromatic rings. The van der Waals surface area contributed by atoms with E-state index in [1.165, 1.54) is 6.07 Å². The summed E-state index contributed by atoms with van der Waals surface area (Å²) >= 11 is 0. The maximum absolute atomic E-state index is 14.3. The average Bonchev–Trinajstić information content (AvgIpc) is 2.66. The van der Waals surface area contributed by atoms with Crippen LogP contribution >= 0.6 is 0 Å². The van der Waals surface area contributed by atoms with Gasteiger partial charge in [0.2, 0.25) is 0 Å². The van der Waals surface area contributed by atoms with Gasteiger partial charge in [0, 0.05) is 17.7 Å². The molecular formula is C19H18FN3O. The Bertz CT molecular complexity index is 844. The van der Waals surface area contributed by atoms with E-state index in [1.807, 2.05) is 31.2 Å². The molecule has 1 aliphatic heterocycles. The normalized spacial score (nSPS) is 17.1. The van der Waals surface area contributed by atoms with E-state index in [-0.39, 0.29) is 5.91 Å². The first-order valence-corrected chi connectivity index (χ1v) is 7.62. The van der Waals surface area contributed by atoms with Gasteiger partial charge in [-0.1, -0.05) is 42.5 Å². The number of benzene rings is 2. The van der Waals surface area contributed by atoms with E-state index >= 15 is 0 Å². The van der Waals surface area contributed by atoms with Crippen LogP contribution in [-0.4, -0.2) is 24.3 Å². The van der Waals surface area contributed by atoms with E-state index in [0.717, 1.165) is 5.57 Å². The van der Waals surface area contributed by atoms with Crippen molar-refractivity contribution in [3.63, 3.8) is 0 Å². The number of amides is 1. The molecule has 5 heteroatoms. The molecule has 1 amide bonds. The van der Waals surface area contributed by atoms with Crippen molar-refractivity contribution in [2.24, 2.45) is 10.7 Å². The first kappa shape index (κ1) is 16.1. The third kappa shape index (κ3) is 2.86. The fourth-order valence-corrected chi connectivity index (χ4v) is 2.75. The van der Waals surface area contributed by atoms with E-state index < -0.39 is 12.0 Å². The van der Waals surface area contributed by atoms with Crippen molar-refractivity contribution in [2.45, 2.75) is 13.1 Å². The quantitative estimate of drug-likeness (QED) is 0.883. The monoisotopic (exact) mass is 323 g/mol. The molecule has 4 nitrogen and oxygen atoms in total. The van der Waals surface area contributed by atoms with Gasteiger partial charge in [-0.15, -0.1) is 0 Å². The Balaban J connectivity index is 2.23. The van der Waals surface area contributed by atoms with Gasteiger partial charge in [0.25, 0.3) is 5.91 Å². The molecule has 0 saturated carbocycles. The molecule has 0 aliphatic carbocycles. The minimum Gasteiger partial charge on any atom is -0.305 e. The molecule has 0 spiro atoms. The number of hydrogen-bond acceptors (Lipinski definition) is 3. The summed E-state index contributed by atoms with van der Waals surface area (Å²) in [5, 5.41) is 0. The molecular weight excluding hydrogens is 305 g/mol. The van der Waals surface area contributed by atoms with Crippen LogP contribution in [0.5, 0.6) is 0 Å². The molecule has 0 bridgehead atoms. The van der Waals surface area contributed by atoms with Crippen LogP contribution in [0.1, 0.15) is 18.1 Å². The number of carbonyl (C=O) groups excluding carboxylic acids is 1. The zero-order valence-corrected chi connectivity index (χ0v) is 13.4. The minimum atomic E-state index is -1.09. The third-order valence-corrected chi connectivity index (χ3v) is 3.79. The zero-order valence-electron chi connectivity index (χ0n) is 13.4. The average molecular weight is 323 g/mol. The Hall–Kier alpha value is -2.79. The number of fused-ring (bicyclic) bond motifs is 1. The summed E-state index contributed by atoms with van der Waals surface area (Å²) in [6.07, 6.45) is -1.09. The first-order chi connectivity index (χ1) is 11.5. The number of hydrogen-bond donors (Lipinski definition) is 1. The second-order valence-corrected chi connectivity index (χ2v) is 5.80. The number of benzodiazepines with no additional fused rings is 1. The summed E-state index contributed by atoms with van der Waals surface area (Å²) in [6, 6.07) is 13.6. The highest BCUT2D eigenvalue weighted by Gasteiger charge is 2.30. The number of rotatable bonds is 3. The van der Waals surface area contributed by atoms with Crippen molar-refractivity contribution in [1.29, 1.82) is 0 Å². The number of aliphatic imine (C=N–C) groups is 1. The van der Waals surface area contributed by atoms with Crippen molar-refractivity contribution in [3.8, 4) is 0 Å². The van der Waals surface area contributed by atoms with Crippen LogP contribution in [0.25, 0.3) is 0 Å². The fraction of sp³-hybridized carbons (Fsp3) is 0.158. The molecule has 0 saturated heterocycles. The highest BCUT2D eigenvalue weighted by molar-refractivity contribution is 6.20. The largest absolute Gasteiger partial charge is 0.305 e. The van der Waals surface area contributed by atoms with E-state index in [0.29, 0.717) is 29.1 Å². The van der Waals surface area contributed by atoms with Gasteiger partial charge in [0.15, 0.2) is 6.17 Å². The second kappa shape index (κ2) is 6.37. The molecule has 2 aromatic carbocycles. The molecule has 24 heavy (non-hydrogen) atoms. The summed E-state index contributed by atoms with van der Waals surface area (Å²) in [7, 11) is 0. The van der Waals surface area contributed by atoms with Gasteiger partial charge < -0.3 is 10.6 Å². The Labute approximate surface area is 140 Å². The SMILES string of the molecule is C=C(C)CN1C(=O)C(N)N=C(c2ccccc2F)c2ccccc21. The van der Waals surface area contributed by atoms with Crippen LogP contribution in [0.3, 0.4) is 0 Å². The number of para-hydroxylation sites is 1. The van der Waals surface area contributed by atoms with Crippen LogP contribution in [-0.2, 0) is 4.79 Å². The molecule has 1 unspecified atom stereocenters. The van der Waals surface area contributed by atoms with Gasteiger partial charge in [0.05, 0.1) is 11.4 Å². The van der Waals surface area contributed by atoms with Gasteiger partial charge in [-0.3, -0.25) is 9.79 Å². The van der Waals surface area contributed by atoms with Gasteiger partial charge in [-0.2, -0.15) is 0 Å². The summed E-state index contributed by atoms with van der Waals surface area (Å²) in [5.41, 5.74) is 8.82. The summed E-state index contributed by atoms with van der Waals surface area (Å²) < 4.78 is 14.3. The molecule has 0 fully saturated rings. The van der Waals surface area contributed by atoms with Crippen LogP contribution in [0.4, 0.5) is 10.1 Å². The molecule has 1 aliphatic rings.